The Morgan fingerprint density at radius 1 is 1.11 bits per heavy atom. The molecule has 0 bridgehead atoms. The van der Waals surface area contributed by atoms with Crippen molar-refractivity contribution >= 4 is 27.4 Å². The topological polar surface area (TPSA) is 112 Å². The lowest BCUT2D eigenvalue weighted by atomic mass is 10.1. The Kier molecular flexibility index (Phi) is 7.25. The maximum Gasteiger partial charge on any atom is 0.185 e. The molecular weight excluding hydrogens is 370 g/mol. The summed E-state index contributed by atoms with van der Waals surface area (Å²) in [5.41, 5.74) is 18.6. The van der Waals surface area contributed by atoms with Gasteiger partial charge in [0.25, 0.3) is 0 Å². The summed E-state index contributed by atoms with van der Waals surface area (Å²) in [5, 5.41) is 4.71. The first kappa shape index (κ1) is 20.1. The maximum absolute atomic E-state index is 5.83. The number of rotatable bonds is 10. The van der Waals surface area contributed by atoms with Crippen LogP contribution in [0.3, 0.4) is 0 Å². The minimum absolute atomic E-state index is 0.133. The molecule has 1 aromatic heterocycles. The first-order valence-corrected chi connectivity index (χ1v) is 10.2. The molecule has 2 aromatic carbocycles. The van der Waals surface area contributed by atoms with Gasteiger partial charge in [-0.15, -0.1) is 11.3 Å². The Morgan fingerprint density at radius 3 is 2.75 bits per heavy atom. The van der Waals surface area contributed by atoms with Gasteiger partial charge in [-0.05, 0) is 54.2 Å². The molecule has 0 aliphatic carbocycles. The Bertz CT molecular complexity index is 900. The van der Waals surface area contributed by atoms with E-state index in [4.69, 9.17) is 21.9 Å². The lowest BCUT2D eigenvalue weighted by Crippen LogP contribution is -2.23. The normalized spacial score (nSPS) is 10.9. The molecule has 148 valence electrons. The van der Waals surface area contributed by atoms with E-state index in [1.807, 2.05) is 6.07 Å². The molecule has 0 unspecified atom stereocenters. The van der Waals surface area contributed by atoms with Gasteiger partial charge in [-0.3, -0.25) is 4.99 Å². The quantitative estimate of drug-likeness (QED) is 0.239. The average molecular weight is 398 g/mol. The number of thiophene rings is 1. The Balaban J connectivity index is 1.73. The molecule has 0 radical (unpaired) electrons. The van der Waals surface area contributed by atoms with Gasteiger partial charge in [0.2, 0.25) is 0 Å². The van der Waals surface area contributed by atoms with Gasteiger partial charge < -0.3 is 27.3 Å². The number of hydrogen-bond acceptors (Lipinski definition) is 5. The molecule has 0 fully saturated rings. The van der Waals surface area contributed by atoms with Gasteiger partial charge in [-0.25, -0.2) is 0 Å². The van der Waals surface area contributed by atoms with Crippen molar-refractivity contribution in [3.8, 4) is 16.2 Å². The fourth-order valence-corrected chi connectivity index (χ4v) is 4.00. The highest BCUT2D eigenvalue weighted by molar-refractivity contribution is 7.22. The van der Waals surface area contributed by atoms with Crippen LogP contribution in [0.1, 0.15) is 12.0 Å². The predicted molar refractivity (Wildman–Crippen MR) is 119 cm³/mol. The summed E-state index contributed by atoms with van der Waals surface area (Å²) in [7, 11) is 0. The highest BCUT2D eigenvalue weighted by Crippen LogP contribution is 2.35. The molecule has 0 saturated carbocycles. The van der Waals surface area contributed by atoms with E-state index in [1.165, 1.54) is 20.5 Å². The SMILES string of the molecule is NCCOc1ccc(-c2cc3ccccc3s2)cc1CNCCCN=C(N)N. The van der Waals surface area contributed by atoms with Crippen LogP contribution in [-0.2, 0) is 6.54 Å². The van der Waals surface area contributed by atoms with Crippen LogP contribution in [0.15, 0.2) is 53.5 Å². The average Bonchev–Trinajstić information content (AvgIpc) is 3.13. The first-order chi connectivity index (χ1) is 13.7. The molecule has 1 heterocycles. The van der Waals surface area contributed by atoms with Crippen molar-refractivity contribution in [1.29, 1.82) is 0 Å². The molecule has 0 aliphatic heterocycles. The Hall–Kier alpha value is -2.61. The zero-order valence-corrected chi connectivity index (χ0v) is 16.7. The monoisotopic (exact) mass is 397 g/mol. The number of aliphatic imine (C=N–C) groups is 1. The van der Waals surface area contributed by atoms with E-state index < -0.39 is 0 Å². The number of fused-ring (bicyclic) bond motifs is 1. The summed E-state index contributed by atoms with van der Waals surface area (Å²) in [6.45, 7) is 3.14. The van der Waals surface area contributed by atoms with E-state index in [-0.39, 0.29) is 5.96 Å². The molecule has 0 spiro atoms. The van der Waals surface area contributed by atoms with Crippen LogP contribution in [0.25, 0.3) is 20.5 Å². The first-order valence-electron chi connectivity index (χ1n) is 9.38. The summed E-state index contributed by atoms with van der Waals surface area (Å²) >= 11 is 1.80. The van der Waals surface area contributed by atoms with Gasteiger partial charge in [0.15, 0.2) is 5.96 Å². The fraction of sp³-hybridized carbons (Fsp3) is 0.286. The number of nitrogens with two attached hydrogens (primary N) is 3. The van der Waals surface area contributed by atoms with E-state index >= 15 is 0 Å². The molecule has 0 aliphatic rings. The van der Waals surface area contributed by atoms with Gasteiger partial charge in [0, 0.05) is 34.8 Å². The van der Waals surface area contributed by atoms with E-state index in [1.54, 1.807) is 11.3 Å². The minimum atomic E-state index is 0.133. The van der Waals surface area contributed by atoms with Crippen molar-refractivity contribution < 1.29 is 4.74 Å². The summed E-state index contributed by atoms with van der Waals surface area (Å²) in [4.78, 5) is 5.25. The number of nitrogens with zero attached hydrogens (tertiary/aromatic N) is 1. The van der Waals surface area contributed by atoms with Crippen molar-refractivity contribution in [2.75, 3.05) is 26.2 Å². The summed E-state index contributed by atoms with van der Waals surface area (Å²) in [6.07, 6.45) is 0.868. The van der Waals surface area contributed by atoms with Crippen molar-refractivity contribution in [3.05, 3.63) is 54.1 Å². The van der Waals surface area contributed by atoms with Gasteiger partial charge >= 0.3 is 0 Å². The molecule has 28 heavy (non-hydrogen) atoms. The fourth-order valence-electron chi connectivity index (χ4n) is 2.94. The Morgan fingerprint density at radius 2 is 1.96 bits per heavy atom. The number of hydrogen-bond donors (Lipinski definition) is 4. The van der Waals surface area contributed by atoms with E-state index in [0.717, 1.165) is 24.3 Å². The number of ether oxygens (including phenoxy) is 1. The van der Waals surface area contributed by atoms with Gasteiger partial charge in [0.1, 0.15) is 12.4 Å². The van der Waals surface area contributed by atoms with Crippen LogP contribution in [0.2, 0.25) is 0 Å². The molecule has 3 aromatic rings. The summed E-state index contributed by atoms with van der Waals surface area (Å²) in [6, 6.07) is 17.0. The van der Waals surface area contributed by atoms with E-state index in [2.05, 4.69) is 52.8 Å². The third-order valence-corrected chi connectivity index (χ3v) is 5.43. The molecule has 0 saturated heterocycles. The van der Waals surface area contributed by atoms with Gasteiger partial charge in [0.05, 0.1) is 0 Å². The Labute approximate surface area is 169 Å². The molecule has 6 nitrogen and oxygen atoms in total. The third-order valence-electron chi connectivity index (χ3n) is 4.27. The van der Waals surface area contributed by atoms with Gasteiger partial charge in [-0.2, -0.15) is 0 Å². The zero-order valence-electron chi connectivity index (χ0n) is 15.9. The lowest BCUT2D eigenvalue weighted by molar-refractivity contribution is 0.324. The minimum Gasteiger partial charge on any atom is -0.492 e. The summed E-state index contributed by atoms with van der Waals surface area (Å²) in [5.74, 6) is 1.00. The second kappa shape index (κ2) is 10.1. The van der Waals surface area contributed by atoms with Crippen LogP contribution in [0.5, 0.6) is 5.75 Å². The molecular formula is C21H27N5OS. The standard InChI is InChI=1S/C21H27N5OS/c22-8-11-27-18-7-6-16(20-13-15-4-1-2-5-19(15)28-20)12-17(18)14-25-9-3-10-26-21(23)24/h1-2,4-7,12-13,25H,3,8-11,14,22H2,(H4,23,24,26). The molecule has 3 rings (SSSR count). The zero-order chi connectivity index (χ0) is 19.8. The number of nitrogens with one attached hydrogen (secondary N) is 1. The number of guanidine groups is 1. The van der Waals surface area contributed by atoms with E-state index in [0.29, 0.717) is 26.2 Å². The van der Waals surface area contributed by atoms with Crippen molar-refractivity contribution in [2.24, 2.45) is 22.2 Å². The third kappa shape index (κ3) is 5.45. The molecule has 7 N–H and O–H groups in total. The highest BCUT2D eigenvalue weighted by atomic mass is 32.1. The largest absolute Gasteiger partial charge is 0.492 e. The smallest absolute Gasteiger partial charge is 0.185 e. The summed E-state index contributed by atoms with van der Waals surface area (Å²) < 4.78 is 7.12. The van der Waals surface area contributed by atoms with E-state index in [9.17, 15) is 0 Å². The second-order valence-corrected chi connectivity index (χ2v) is 7.53. The predicted octanol–water partition coefficient (Wildman–Crippen LogP) is 2.66. The molecule has 0 atom stereocenters. The van der Waals surface area contributed by atoms with Crippen molar-refractivity contribution in [1.82, 2.24) is 5.32 Å². The van der Waals surface area contributed by atoms with Crippen LogP contribution in [0.4, 0.5) is 0 Å². The van der Waals surface area contributed by atoms with Crippen molar-refractivity contribution in [2.45, 2.75) is 13.0 Å². The van der Waals surface area contributed by atoms with Gasteiger partial charge in [-0.1, -0.05) is 18.2 Å². The second-order valence-electron chi connectivity index (χ2n) is 6.45. The van der Waals surface area contributed by atoms with Crippen LogP contribution in [0, 0.1) is 0 Å². The van der Waals surface area contributed by atoms with Crippen LogP contribution in [-0.4, -0.2) is 32.2 Å². The highest BCUT2D eigenvalue weighted by Gasteiger charge is 2.09. The lowest BCUT2D eigenvalue weighted by Gasteiger charge is -2.13. The number of benzene rings is 2. The molecule has 0 amide bonds. The molecule has 7 heteroatoms. The van der Waals surface area contributed by atoms with Crippen LogP contribution >= 0.6 is 11.3 Å². The van der Waals surface area contributed by atoms with Crippen LogP contribution < -0.4 is 27.3 Å². The van der Waals surface area contributed by atoms with Crippen molar-refractivity contribution in [3.63, 3.8) is 0 Å². The maximum atomic E-state index is 5.83.